The molecule has 0 unspecified atom stereocenters. The van der Waals surface area contributed by atoms with Crippen molar-refractivity contribution in [1.82, 2.24) is 40.0 Å². The van der Waals surface area contributed by atoms with Crippen LogP contribution in [0, 0.1) is 17.3 Å². The lowest BCUT2D eigenvalue weighted by Crippen LogP contribution is -2.62. The molecule has 2 aromatic heterocycles. The molecule has 0 radical (unpaired) electrons. The first-order chi connectivity index (χ1) is 34.4. The van der Waals surface area contributed by atoms with Crippen molar-refractivity contribution in [1.29, 1.82) is 0 Å². The van der Waals surface area contributed by atoms with Crippen LogP contribution < -0.4 is 15.6 Å². The number of likely N-dealkylation sites (tertiary alicyclic amines) is 1. The lowest BCUT2D eigenvalue weighted by atomic mass is 9.84. The summed E-state index contributed by atoms with van der Waals surface area (Å²) in [6, 6.07) is 10.7. The Morgan fingerprint density at radius 1 is 1.04 bits per heavy atom. The number of rotatable bonds is 11. The fourth-order valence-electron chi connectivity index (χ4n) is 11.1. The van der Waals surface area contributed by atoms with Crippen LogP contribution in [0.15, 0.2) is 61.3 Å². The number of fused-ring (bicyclic) bond motifs is 6. The fourth-order valence-corrected chi connectivity index (χ4v) is 11.1. The van der Waals surface area contributed by atoms with E-state index in [1.54, 1.807) is 31.2 Å². The van der Waals surface area contributed by atoms with E-state index >= 15 is 0 Å². The van der Waals surface area contributed by atoms with Gasteiger partial charge in [-0.2, -0.15) is 0 Å². The van der Waals surface area contributed by atoms with Crippen LogP contribution in [0.25, 0.3) is 33.3 Å². The number of hydrogen-bond donors (Lipinski definition) is 3. The molecule has 4 aliphatic rings. The molecule has 3 N–H and O–H groups in total. The molecule has 3 saturated heterocycles. The van der Waals surface area contributed by atoms with E-state index < -0.39 is 47.2 Å². The number of carbonyl (C=O) groups is 5. The smallest absolute Gasteiger partial charge is 0.324 e. The lowest BCUT2D eigenvalue weighted by molar-refractivity contribution is -0.155. The predicted molar refractivity (Wildman–Crippen MR) is 277 cm³/mol. The minimum absolute atomic E-state index is 0.0109. The second-order valence-electron chi connectivity index (χ2n) is 21.3. The molecule has 17 nitrogen and oxygen atoms in total. The van der Waals surface area contributed by atoms with Crippen LogP contribution in [0.4, 0.5) is 5.82 Å². The van der Waals surface area contributed by atoms with Gasteiger partial charge in [0.1, 0.15) is 29.7 Å². The topological polar surface area (TPSA) is 182 Å². The van der Waals surface area contributed by atoms with Crippen molar-refractivity contribution in [2.45, 2.75) is 98.0 Å². The second-order valence-corrected chi connectivity index (χ2v) is 21.3. The third-order valence-electron chi connectivity index (χ3n) is 14.9. The summed E-state index contributed by atoms with van der Waals surface area (Å²) in [4.78, 5) is 82.5. The molecule has 17 heteroatoms. The number of benzene rings is 2. The van der Waals surface area contributed by atoms with Crippen LogP contribution in [-0.4, -0.2) is 156 Å². The first-order valence-corrected chi connectivity index (χ1v) is 25.5. The molecule has 4 amide bonds. The largest absolute Gasteiger partial charge is 0.508 e. The van der Waals surface area contributed by atoms with Gasteiger partial charge in [-0.1, -0.05) is 46.4 Å². The fraction of sp³-hybridized carbons (Fsp3) is 0.527. The Hall–Kier alpha value is -6.30. The summed E-state index contributed by atoms with van der Waals surface area (Å²) < 4.78 is 14.4. The number of nitrogens with zero attached hydrogens (tertiary/aromatic N) is 7. The number of ether oxygens (including phenoxy) is 2. The van der Waals surface area contributed by atoms with Gasteiger partial charge >= 0.3 is 5.97 Å². The van der Waals surface area contributed by atoms with Gasteiger partial charge in [0, 0.05) is 101 Å². The highest BCUT2D eigenvalue weighted by Crippen LogP contribution is 2.42. The van der Waals surface area contributed by atoms with E-state index in [-0.39, 0.29) is 49.6 Å². The Kier molecular flexibility index (Phi) is 15.8. The van der Waals surface area contributed by atoms with Gasteiger partial charge in [-0.3, -0.25) is 29.0 Å². The van der Waals surface area contributed by atoms with Crippen molar-refractivity contribution in [3.8, 4) is 28.1 Å². The van der Waals surface area contributed by atoms with Gasteiger partial charge in [0.15, 0.2) is 0 Å². The molecular formula is C55H73N9O8. The van der Waals surface area contributed by atoms with Gasteiger partial charge in [0.2, 0.25) is 17.7 Å². The van der Waals surface area contributed by atoms with E-state index in [1.165, 1.54) is 16.0 Å². The number of carbonyl (C=O) groups excluding carboxylic acids is 5. The molecule has 0 spiro atoms. The highest BCUT2D eigenvalue weighted by molar-refractivity contribution is 5.96. The van der Waals surface area contributed by atoms with E-state index in [0.29, 0.717) is 50.9 Å². The number of methoxy groups -OCH3 is 1. The number of phenols is 1. The van der Waals surface area contributed by atoms with Crippen LogP contribution in [0.3, 0.4) is 0 Å². The van der Waals surface area contributed by atoms with Crippen molar-refractivity contribution in [2.24, 2.45) is 17.3 Å². The molecule has 0 saturated carbocycles. The molecule has 6 heterocycles. The van der Waals surface area contributed by atoms with E-state index in [9.17, 15) is 29.1 Å². The van der Waals surface area contributed by atoms with Gasteiger partial charge < -0.3 is 44.1 Å². The van der Waals surface area contributed by atoms with E-state index in [4.69, 9.17) is 14.5 Å². The van der Waals surface area contributed by atoms with Gasteiger partial charge in [-0.15, -0.1) is 0 Å². The number of likely N-dealkylation sites (N-methyl/N-ethyl adjacent to an activating group) is 2. The number of nitrogens with one attached hydrogen (secondary N) is 2. The predicted octanol–water partition coefficient (Wildman–Crippen LogP) is 5.16. The molecule has 4 aromatic rings. The Balaban J connectivity index is 1.20. The molecule has 3 fully saturated rings. The van der Waals surface area contributed by atoms with Crippen molar-refractivity contribution in [3.05, 3.63) is 78.0 Å². The minimum Gasteiger partial charge on any atom is -0.508 e. The number of piperazine rings is 1. The molecule has 6 bridgehead atoms. The van der Waals surface area contributed by atoms with Gasteiger partial charge in [0.25, 0.3) is 5.91 Å². The summed E-state index contributed by atoms with van der Waals surface area (Å²) in [5.41, 5.74) is 9.79. The van der Waals surface area contributed by atoms with E-state index in [2.05, 4.69) is 77.7 Å². The Labute approximate surface area is 423 Å². The molecular weight excluding hydrogens is 915 g/mol. The number of pyridine rings is 1. The summed E-state index contributed by atoms with van der Waals surface area (Å²) in [6.07, 6.45) is 5.13. The summed E-state index contributed by atoms with van der Waals surface area (Å²) in [5, 5.41) is 16.8. The SMILES string of the molecule is C=CC(=O)N1CC[C@H](C(=O)N(C)[C@H](C(=O)N[C@H]2Cc3cc(O)cc(c3)-c3ccc4c(c3)c(c(-c3cnc(N5CCN(C)CC5)cc3COC)n4CC)CC(C)(C)COC(=O)[C@@H]3CCCN(N3)C2=O)C(C)C)C1. The number of esters is 1. The number of hydrazine groups is 1. The van der Waals surface area contributed by atoms with Crippen molar-refractivity contribution >= 4 is 46.3 Å². The average Bonchev–Trinajstić information content (AvgIpc) is 3.97. The number of anilines is 1. The molecule has 72 heavy (non-hydrogen) atoms. The standard InChI is InChI=1S/C55H73N9O8/c1-10-48(66)62-18-16-37(31-62)52(68)60(8)49(34(3)4)51(67)57-45-25-35-23-38(26-40(65)24-35)36-14-15-46-41(27-36)42(29-55(5,6)33-72-54(70)44-13-12-17-64(58-44)53(45)69)50(63(46)11-2)43-30-56-47(28-39(43)32-71-9)61-21-19-59(7)20-22-61/h10,14-15,23-24,26-28,30,34,37,44-45,49,58,65H,1,11-13,16-22,25,29,31-33H2,2-9H3,(H,57,67)/t37-,44-,45-,49-/m0/s1. The Morgan fingerprint density at radius 3 is 2.51 bits per heavy atom. The molecule has 0 aliphatic carbocycles. The number of cyclic esters (lactones) is 1. The van der Waals surface area contributed by atoms with Gasteiger partial charge in [0.05, 0.1) is 24.8 Å². The van der Waals surface area contributed by atoms with Crippen molar-refractivity contribution in [2.75, 3.05) is 78.5 Å². The summed E-state index contributed by atoms with van der Waals surface area (Å²) in [6.45, 7) is 19.3. The highest BCUT2D eigenvalue weighted by atomic mass is 16.5. The van der Waals surface area contributed by atoms with Crippen LogP contribution in [0.2, 0.25) is 0 Å². The van der Waals surface area contributed by atoms with E-state index in [0.717, 1.165) is 76.4 Å². The number of aryl methyl sites for hydroxylation is 1. The zero-order chi connectivity index (χ0) is 51.6. The normalized spacial score (nSPS) is 21.3. The number of hydrogen-bond acceptors (Lipinski definition) is 12. The Bertz CT molecular complexity index is 2710. The van der Waals surface area contributed by atoms with Crippen LogP contribution >= 0.6 is 0 Å². The minimum atomic E-state index is -1.17. The second kappa shape index (κ2) is 21.8. The van der Waals surface area contributed by atoms with Crippen LogP contribution in [0.5, 0.6) is 5.75 Å². The lowest BCUT2D eigenvalue weighted by Gasteiger charge is -2.37. The Morgan fingerprint density at radius 2 is 1.81 bits per heavy atom. The molecule has 8 rings (SSSR count). The number of amides is 4. The third kappa shape index (κ3) is 11.0. The molecule has 4 atom stereocenters. The highest BCUT2D eigenvalue weighted by Gasteiger charge is 2.40. The molecule has 2 aromatic carbocycles. The molecule has 386 valence electrons. The quantitative estimate of drug-likeness (QED) is 0.133. The first-order valence-electron chi connectivity index (χ1n) is 25.5. The average molecular weight is 988 g/mol. The maximum absolute atomic E-state index is 14.8. The van der Waals surface area contributed by atoms with Crippen molar-refractivity contribution in [3.63, 3.8) is 0 Å². The monoisotopic (exact) mass is 988 g/mol. The summed E-state index contributed by atoms with van der Waals surface area (Å²) in [7, 11) is 5.43. The molecule has 4 aliphatic heterocycles. The maximum Gasteiger partial charge on any atom is 0.324 e. The van der Waals surface area contributed by atoms with Crippen LogP contribution in [-0.2, 0) is 59.4 Å². The maximum atomic E-state index is 14.8. The van der Waals surface area contributed by atoms with Gasteiger partial charge in [-0.25, -0.2) is 10.4 Å². The van der Waals surface area contributed by atoms with Gasteiger partial charge in [-0.05, 0) is 110 Å². The van der Waals surface area contributed by atoms with Crippen molar-refractivity contribution < 1.29 is 38.6 Å². The van der Waals surface area contributed by atoms with Crippen LogP contribution in [0.1, 0.15) is 70.6 Å². The third-order valence-corrected chi connectivity index (χ3v) is 14.9. The number of phenolic OH excluding ortho intramolecular Hbond substituents is 1. The number of aromatic hydroxyl groups is 1. The zero-order valence-electron chi connectivity index (χ0n) is 43.3. The zero-order valence-corrected chi connectivity index (χ0v) is 43.3. The number of aromatic nitrogens is 2. The summed E-state index contributed by atoms with van der Waals surface area (Å²) >= 11 is 0. The summed E-state index contributed by atoms with van der Waals surface area (Å²) in [5.74, 6) is -1.95. The first kappa shape index (κ1) is 52.0. The van der Waals surface area contributed by atoms with E-state index in [1.807, 2.05) is 32.2 Å².